The maximum Gasteiger partial charge on any atom is 0.262 e. The van der Waals surface area contributed by atoms with Crippen LogP contribution in [0.5, 0.6) is 5.75 Å². The van der Waals surface area contributed by atoms with Crippen LogP contribution in [0.15, 0.2) is 42.5 Å². The van der Waals surface area contributed by atoms with Gasteiger partial charge in [0.2, 0.25) is 0 Å². The van der Waals surface area contributed by atoms with E-state index in [1.54, 1.807) is 12.1 Å². The molecule has 1 aliphatic rings. The predicted molar refractivity (Wildman–Crippen MR) is 88.6 cm³/mol. The van der Waals surface area contributed by atoms with Gasteiger partial charge in [-0.15, -0.1) is 0 Å². The monoisotopic (exact) mass is 314 g/mol. The number of amides is 1. The molecule has 5 heteroatoms. The summed E-state index contributed by atoms with van der Waals surface area (Å²) in [5, 5.41) is 2.79. The standard InChI is InChI=1S/C18H19FN2O2/c1-21-10-4-5-13-11-14(8-9-16(13)21)20-18(22)12-23-17-7-3-2-6-15(17)19/h2-3,6-9,11H,4-5,10,12H2,1H3,(H,20,22). The molecular formula is C18H19FN2O2. The molecule has 4 nitrogen and oxygen atoms in total. The number of hydrogen-bond acceptors (Lipinski definition) is 3. The predicted octanol–water partition coefficient (Wildman–Crippen LogP) is 3.23. The smallest absolute Gasteiger partial charge is 0.262 e. The Hall–Kier alpha value is -2.56. The highest BCUT2D eigenvalue weighted by atomic mass is 19.1. The fourth-order valence-corrected chi connectivity index (χ4v) is 2.77. The van der Waals surface area contributed by atoms with Crippen molar-refractivity contribution >= 4 is 17.3 Å². The van der Waals surface area contributed by atoms with Crippen molar-refractivity contribution in [2.24, 2.45) is 0 Å². The van der Waals surface area contributed by atoms with Gasteiger partial charge in [0.05, 0.1) is 0 Å². The lowest BCUT2D eigenvalue weighted by Gasteiger charge is -2.27. The van der Waals surface area contributed by atoms with E-state index in [0.29, 0.717) is 0 Å². The molecule has 23 heavy (non-hydrogen) atoms. The number of ether oxygens (including phenoxy) is 1. The van der Waals surface area contributed by atoms with Crippen molar-refractivity contribution in [3.8, 4) is 5.75 Å². The summed E-state index contributed by atoms with van der Waals surface area (Å²) in [5.41, 5.74) is 3.17. The molecule has 3 rings (SSSR count). The van der Waals surface area contributed by atoms with Gasteiger partial charge >= 0.3 is 0 Å². The van der Waals surface area contributed by atoms with Crippen LogP contribution in [-0.4, -0.2) is 26.1 Å². The van der Waals surface area contributed by atoms with Gasteiger partial charge in [-0.3, -0.25) is 4.79 Å². The van der Waals surface area contributed by atoms with Gasteiger partial charge < -0.3 is 15.0 Å². The first-order valence-electron chi connectivity index (χ1n) is 7.65. The van der Waals surface area contributed by atoms with Gasteiger partial charge in [0.1, 0.15) is 0 Å². The second-order valence-electron chi connectivity index (χ2n) is 5.64. The van der Waals surface area contributed by atoms with E-state index in [1.165, 1.54) is 23.4 Å². The van der Waals surface area contributed by atoms with Gasteiger partial charge in [-0.05, 0) is 48.7 Å². The first-order valence-corrected chi connectivity index (χ1v) is 7.65. The van der Waals surface area contributed by atoms with E-state index < -0.39 is 5.82 Å². The van der Waals surface area contributed by atoms with E-state index in [1.807, 2.05) is 18.2 Å². The van der Waals surface area contributed by atoms with Crippen molar-refractivity contribution in [1.29, 1.82) is 0 Å². The highest BCUT2D eigenvalue weighted by Crippen LogP contribution is 2.28. The molecule has 0 aliphatic carbocycles. The summed E-state index contributed by atoms with van der Waals surface area (Å²) in [5.74, 6) is -0.704. The van der Waals surface area contributed by atoms with E-state index in [9.17, 15) is 9.18 Å². The SMILES string of the molecule is CN1CCCc2cc(NC(=O)COc3ccccc3F)ccc21. The van der Waals surface area contributed by atoms with Crippen molar-refractivity contribution in [3.63, 3.8) is 0 Å². The second-order valence-corrected chi connectivity index (χ2v) is 5.64. The third-order valence-electron chi connectivity index (χ3n) is 3.91. The molecule has 0 bridgehead atoms. The average molecular weight is 314 g/mol. The molecule has 1 aliphatic heterocycles. The van der Waals surface area contributed by atoms with Crippen LogP contribution in [0, 0.1) is 5.82 Å². The molecule has 0 unspecified atom stereocenters. The molecule has 2 aromatic carbocycles. The van der Waals surface area contributed by atoms with Crippen LogP contribution in [-0.2, 0) is 11.2 Å². The lowest BCUT2D eigenvalue weighted by Crippen LogP contribution is -2.25. The molecule has 0 saturated carbocycles. The van der Waals surface area contributed by atoms with Crippen molar-refractivity contribution < 1.29 is 13.9 Å². The van der Waals surface area contributed by atoms with Gasteiger partial charge in [0.15, 0.2) is 18.2 Å². The summed E-state index contributed by atoms with van der Waals surface area (Å²) < 4.78 is 18.6. The minimum Gasteiger partial charge on any atom is -0.481 e. The Labute approximate surface area is 134 Å². The number of para-hydroxylation sites is 1. The number of hydrogen-bond donors (Lipinski definition) is 1. The molecule has 0 radical (unpaired) electrons. The maximum atomic E-state index is 13.4. The van der Waals surface area contributed by atoms with Crippen LogP contribution in [0.2, 0.25) is 0 Å². The Kier molecular flexibility index (Phi) is 4.46. The summed E-state index contributed by atoms with van der Waals surface area (Å²) in [4.78, 5) is 14.2. The molecular weight excluding hydrogens is 295 g/mol. The number of carbonyl (C=O) groups excluding carboxylic acids is 1. The minimum absolute atomic E-state index is 0.0784. The fourth-order valence-electron chi connectivity index (χ4n) is 2.77. The number of halogens is 1. The van der Waals surface area contributed by atoms with Gasteiger partial charge in [0, 0.05) is 25.0 Å². The lowest BCUT2D eigenvalue weighted by atomic mass is 10.0. The van der Waals surface area contributed by atoms with Crippen molar-refractivity contribution in [3.05, 3.63) is 53.8 Å². The molecule has 0 atom stereocenters. The van der Waals surface area contributed by atoms with Gasteiger partial charge in [-0.2, -0.15) is 0 Å². The van der Waals surface area contributed by atoms with Crippen LogP contribution >= 0.6 is 0 Å². The topological polar surface area (TPSA) is 41.6 Å². The van der Waals surface area contributed by atoms with Crippen LogP contribution in [0.1, 0.15) is 12.0 Å². The van der Waals surface area contributed by atoms with E-state index in [4.69, 9.17) is 4.74 Å². The van der Waals surface area contributed by atoms with Crippen LogP contribution in [0.3, 0.4) is 0 Å². The summed E-state index contributed by atoms with van der Waals surface area (Å²) in [6.07, 6.45) is 2.12. The fraction of sp³-hybridized carbons (Fsp3) is 0.278. The molecule has 0 spiro atoms. The zero-order valence-electron chi connectivity index (χ0n) is 13.0. The Morgan fingerprint density at radius 1 is 1.30 bits per heavy atom. The largest absolute Gasteiger partial charge is 0.481 e. The van der Waals surface area contributed by atoms with E-state index in [2.05, 4.69) is 17.3 Å². The molecule has 1 amide bonds. The Balaban J connectivity index is 1.61. The Bertz CT molecular complexity index is 718. The zero-order chi connectivity index (χ0) is 16.2. The Morgan fingerprint density at radius 3 is 2.96 bits per heavy atom. The molecule has 120 valence electrons. The number of anilines is 2. The third kappa shape index (κ3) is 3.62. The van der Waals surface area contributed by atoms with Gasteiger partial charge in [0.25, 0.3) is 5.91 Å². The molecule has 0 aromatic heterocycles. The van der Waals surface area contributed by atoms with Crippen LogP contribution in [0.25, 0.3) is 0 Å². The summed E-state index contributed by atoms with van der Waals surface area (Å²) in [6, 6.07) is 11.9. The third-order valence-corrected chi connectivity index (χ3v) is 3.91. The number of carbonyl (C=O) groups is 1. The van der Waals surface area contributed by atoms with Crippen molar-refractivity contribution in [2.75, 3.05) is 30.4 Å². The van der Waals surface area contributed by atoms with Crippen molar-refractivity contribution in [1.82, 2.24) is 0 Å². The van der Waals surface area contributed by atoms with Crippen LogP contribution < -0.4 is 15.0 Å². The highest BCUT2D eigenvalue weighted by Gasteiger charge is 2.14. The molecule has 1 heterocycles. The maximum absolute atomic E-state index is 13.4. The lowest BCUT2D eigenvalue weighted by molar-refractivity contribution is -0.118. The highest BCUT2D eigenvalue weighted by molar-refractivity contribution is 5.92. The van der Waals surface area contributed by atoms with Gasteiger partial charge in [-0.25, -0.2) is 4.39 Å². The summed E-state index contributed by atoms with van der Waals surface area (Å²) >= 11 is 0. The molecule has 0 saturated heterocycles. The molecule has 1 N–H and O–H groups in total. The number of nitrogens with one attached hydrogen (secondary N) is 1. The van der Waals surface area contributed by atoms with Gasteiger partial charge in [-0.1, -0.05) is 12.1 Å². The summed E-state index contributed by atoms with van der Waals surface area (Å²) in [7, 11) is 2.07. The first kappa shape index (κ1) is 15.3. The number of fused-ring (bicyclic) bond motifs is 1. The van der Waals surface area contributed by atoms with E-state index in [0.717, 1.165) is 25.1 Å². The first-order chi connectivity index (χ1) is 11.1. The van der Waals surface area contributed by atoms with Crippen molar-refractivity contribution in [2.45, 2.75) is 12.8 Å². The zero-order valence-corrected chi connectivity index (χ0v) is 13.0. The number of rotatable bonds is 4. The number of nitrogens with zero attached hydrogens (tertiary/aromatic N) is 1. The van der Waals surface area contributed by atoms with E-state index in [-0.39, 0.29) is 18.3 Å². The average Bonchev–Trinajstić information content (AvgIpc) is 2.54. The Morgan fingerprint density at radius 2 is 2.13 bits per heavy atom. The molecule has 2 aromatic rings. The number of benzene rings is 2. The normalized spacial score (nSPS) is 13.4. The quantitative estimate of drug-likeness (QED) is 0.942. The van der Waals surface area contributed by atoms with E-state index >= 15 is 0 Å². The second kappa shape index (κ2) is 6.69. The number of aryl methyl sites for hydroxylation is 1. The minimum atomic E-state index is -0.475. The van der Waals surface area contributed by atoms with Crippen LogP contribution in [0.4, 0.5) is 15.8 Å². The summed E-state index contributed by atoms with van der Waals surface area (Å²) in [6.45, 7) is 0.826. The molecule has 0 fully saturated rings.